The second kappa shape index (κ2) is 3.49. The van der Waals surface area contributed by atoms with E-state index in [1.165, 1.54) is 0 Å². The molecule has 1 aromatic carbocycles. The highest BCUT2D eigenvalue weighted by molar-refractivity contribution is 6.11. The Labute approximate surface area is 81.1 Å². The van der Waals surface area contributed by atoms with Crippen LogP contribution in [0.5, 0.6) is 5.75 Å². The van der Waals surface area contributed by atoms with Crippen molar-refractivity contribution in [2.45, 2.75) is 6.42 Å². The van der Waals surface area contributed by atoms with Crippen molar-refractivity contribution >= 4 is 11.7 Å². The lowest BCUT2D eigenvalue weighted by molar-refractivity contribution is -0.140. The molecule has 0 fully saturated rings. The van der Waals surface area contributed by atoms with Crippen molar-refractivity contribution in [2.75, 3.05) is 7.11 Å². The SMILES string of the molecule is COc1cccc(C2=NOC(=O)C2)c1. The Kier molecular flexibility index (Phi) is 2.18. The molecule has 4 heteroatoms. The van der Waals surface area contributed by atoms with Crippen LogP contribution in [0.15, 0.2) is 29.4 Å². The first-order chi connectivity index (χ1) is 6.79. The summed E-state index contributed by atoms with van der Waals surface area (Å²) in [6.07, 6.45) is 0.229. The molecule has 0 saturated carbocycles. The quantitative estimate of drug-likeness (QED) is 0.663. The van der Waals surface area contributed by atoms with Crippen molar-refractivity contribution in [1.82, 2.24) is 0 Å². The monoisotopic (exact) mass is 191 g/mol. The summed E-state index contributed by atoms with van der Waals surface area (Å²) < 4.78 is 5.06. The van der Waals surface area contributed by atoms with E-state index in [1.54, 1.807) is 7.11 Å². The molecular weight excluding hydrogens is 182 g/mol. The molecule has 0 radical (unpaired) electrons. The zero-order valence-electron chi connectivity index (χ0n) is 7.69. The molecule has 1 aromatic rings. The van der Waals surface area contributed by atoms with Gasteiger partial charge in [-0.3, -0.25) is 0 Å². The van der Waals surface area contributed by atoms with Crippen LogP contribution in [-0.2, 0) is 9.63 Å². The fourth-order valence-corrected chi connectivity index (χ4v) is 1.26. The van der Waals surface area contributed by atoms with Gasteiger partial charge in [0.2, 0.25) is 0 Å². The molecule has 1 aliphatic heterocycles. The predicted molar refractivity (Wildman–Crippen MR) is 50.2 cm³/mol. The first-order valence-corrected chi connectivity index (χ1v) is 4.21. The molecule has 14 heavy (non-hydrogen) atoms. The minimum Gasteiger partial charge on any atom is -0.497 e. The van der Waals surface area contributed by atoms with Crippen molar-refractivity contribution in [3.63, 3.8) is 0 Å². The first-order valence-electron chi connectivity index (χ1n) is 4.21. The summed E-state index contributed by atoms with van der Waals surface area (Å²) >= 11 is 0. The number of rotatable bonds is 2. The molecule has 0 amide bonds. The maximum absolute atomic E-state index is 10.8. The zero-order chi connectivity index (χ0) is 9.97. The maximum atomic E-state index is 10.8. The van der Waals surface area contributed by atoms with Crippen molar-refractivity contribution in [3.8, 4) is 5.75 Å². The van der Waals surface area contributed by atoms with Gasteiger partial charge >= 0.3 is 5.97 Å². The molecule has 0 spiro atoms. The Balaban J connectivity index is 2.28. The number of hydrogen-bond donors (Lipinski definition) is 0. The topological polar surface area (TPSA) is 47.9 Å². The maximum Gasteiger partial charge on any atom is 0.341 e. The number of benzene rings is 1. The summed E-state index contributed by atoms with van der Waals surface area (Å²) in [7, 11) is 1.59. The van der Waals surface area contributed by atoms with Gasteiger partial charge in [0.1, 0.15) is 5.75 Å². The number of carbonyl (C=O) groups is 1. The smallest absolute Gasteiger partial charge is 0.341 e. The molecule has 1 aliphatic rings. The summed E-state index contributed by atoms with van der Waals surface area (Å²) in [5, 5.41) is 3.67. The Morgan fingerprint density at radius 1 is 1.50 bits per heavy atom. The highest BCUT2D eigenvalue weighted by Crippen LogP contribution is 2.17. The summed E-state index contributed by atoms with van der Waals surface area (Å²) in [5.74, 6) is 0.423. The molecule has 0 atom stereocenters. The standard InChI is InChI=1S/C10H9NO3/c1-13-8-4-2-3-7(5-8)9-6-10(12)14-11-9/h2-5H,6H2,1H3. The van der Waals surface area contributed by atoms with E-state index in [1.807, 2.05) is 24.3 Å². The average molecular weight is 191 g/mol. The Morgan fingerprint density at radius 2 is 2.36 bits per heavy atom. The highest BCUT2D eigenvalue weighted by atomic mass is 16.7. The largest absolute Gasteiger partial charge is 0.497 e. The third kappa shape index (κ3) is 1.59. The third-order valence-corrected chi connectivity index (χ3v) is 1.97. The Morgan fingerprint density at radius 3 is 3.00 bits per heavy atom. The lowest BCUT2D eigenvalue weighted by Crippen LogP contribution is -2.00. The molecule has 0 saturated heterocycles. The van der Waals surface area contributed by atoms with Crippen molar-refractivity contribution in [1.29, 1.82) is 0 Å². The second-order valence-corrected chi connectivity index (χ2v) is 2.91. The molecule has 0 aromatic heterocycles. The second-order valence-electron chi connectivity index (χ2n) is 2.91. The van der Waals surface area contributed by atoms with Gasteiger partial charge in [-0.2, -0.15) is 0 Å². The van der Waals surface area contributed by atoms with Crippen LogP contribution >= 0.6 is 0 Å². The van der Waals surface area contributed by atoms with Crippen LogP contribution in [0.4, 0.5) is 0 Å². The van der Waals surface area contributed by atoms with Gasteiger partial charge in [0.05, 0.1) is 19.2 Å². The van der Waals surface area contributed by atoms with Crippen LogP contribution in [0.3, 0.4) is 0 Å². The zero-order valence-corrected chi connectivity index (χ0v) is 7.69. The fourth-order valence-electron chi connectivity index (χ4n) is 1.26. The van der Waals surface area contributed by atoms with Gasteiger partial charge in [0.15, 0.2) is 0 Å². The normalized spacial score (nSPS) is 14.9. The van der Waals surface area contributed by atoms with Gasteiger partial charge in [-0.25, -0.2) is 4.79 Å². The fraction of sp³-hybridized carbons (Fsp3) is 0.200. The third-order valence-electron chi connectivity index (χ3n) is 1.97. The average Bonchev–Trinajstić information content (AvgIpc) is 2.65. The lowest BCUT2D eigenvalue weighted by atomic mass is 10.1. The van der Waals surface area contributed by atoms with Gasteiger partial charge in [0, 0.05) is 5.56 Å². The minimum absolute atomic E-state index is 0.229. The van der Waals surface area contributed by atoms with Crippen molar-refractivity contribution < 1.29 is 14.4 Å². The van der Waals surface area contributed by atoms with E-state index in [9.17, 15) is 4.79 Å². The molecule has 0 unspecified atom stereocenters. The van der Waals surface area contributed by atoms with Crippen LogP contribution in [0.1, 0.15) is 12.0 Å². The molecule has 0 bridgehead atoms. The lowest BCUT2D eigenvalue weighted by Gasteiger charge is -2.01. The van der Waals surface area contributed by atoms with E-state index in [0.29, 0.717) is 5.71 Å². The number of nitrogens with zero attached hydrogens (tertiary/aromatic N) is 1. The van der Waals surface area contributed by atoms with E-state index in [0.717, 1.165) is 11.3 Å². The van der Waals surface area contributed by atoms with Gasteiger partial charge in [-0.15, -0.1) is 0 Å². The molecular formula is C10H9NO3. The first kappa shape index (κ1) is 8.74. The van der Waals surface area contributed by atoms with Crippen LogP contribution in [0.2, 0.25) is 0 Å². The molecule has 1 heterocycles. The summed E-state index contributed by atoms with van der Waals surface area (Å²) in [6.45, 7) is 0. The van der Waals surface area contributed by atoms with Gasteiger partial charge < -0.3 is 9.57 Å². The minimum atomic E-state index is -0.317. The van der Waals surface area contributed by atoms with E-state index in [2.05, 4.69) is 9.99 Å². The van der Waals surface area contributed by atoms with Crippen molar-refractivity contribution in [2.24, 2.45) is 5.16 Å². The van der Waals surface area contributed by atoms with Gasteiger partial charge in [0.25, 0.3) is 0 Å². The Hall–Kier alpha value is -1.84. The highest BCUT2D eigenvalue weighted by Gasteiger charge is 2.18. The van der Waals surface area contributed by atoms with E-state index >= 15 is 0 Å². The van der Waals surface area contributed by atoms with Gasteiger partial charge in [-0.1, -0.05) is 17.3 Å². The van der Waals surface area contributed by atoms with E-state index < -0.39 is 0 Å². The van der Waals surface area contributed by atoms with Gasteiger partial charge in [-0.05, 0) is 12.1 Å². The van der Waals surface area contributed by atoms with Crippen LogP contribution in [-0.4, -0.2) is 18.8 Å². The molecule has 72 valence electrons. The number of methoxy groups -OCH3 is 1. The van der Waals surface area contributed by atoms with Crippen LogP contribution in [0, 0.1) is 0 Å². The van der Waals surface area contributed by atoms with Crippen LogP contribution in [0.25, 0.3) is 0 Å². The number of ether oxygens (including phenoxy) is 1. The molecule has 0 aliphatic carbocycles. The number of oxime groups is 1. The summed E-state index contributed by atoms with van der Waals surface area (Å²) in [6, 6.07) is 7.37. The van der Waals surface area contributed by atoms with E-state index in [-0.39, 0.29) is 12.4 Å². The van der Waals surface area contributed by atoms with Crippen LogP contribution < -0.4 is 4.74 Å². The number of hydrogen-bond acceptors (Lipinski definition) is 4. The summed E-state index contributed by atoms with van der Waals surface area (Å²) in [4.78, 5) is 15.3. The van der Waals surface area contributed by atoms with Crippen molar-refractivity contribution in [3.05, 3.63) is 29.8 Å². The molecule has 4 nitrogen and oxygen atoms in total. The molecule has 0 N–H and O–H groups in total. The van der Waals surface area contributed by atoms with E-state index in [4.69, 9.17) is 4.74 Å². The molecule has 2 rings (SSSR count). The Bertz CT molecular complexity index is 398. The predicted octanol–water partition coefficient (Wildman–Crippen LogP) is 1.35. The number of carbonyl (C=O) groups excluding carboxylic acids is 1. The summed E-state index contributed by atoms with van der Waals surface area (Å²) in [5.41, 5.74) is 1.50.